The first-order valence-corrected chi connectivity index (χ1v) is 6.83. The molecule has 0 aromatic heterocycles. The van der Waals surface area contributed by atoms with Crippen LogP contribution in [0.4, 0.5) is 0 Å². The molecule has 5 heteroatoms. The first kappa shape index (κ1) is 13.0. The summed E-state index contributed by atoms with van der Waals surface area (Å²) < 4.78 is 28.9. The summed E-state index contributed by atoms with van der Waals surface area (Å²) in [6.45, 7) is 0.458. The van der Waals surface area contributed by atoms with Gasteiger partial charge in [0.2, 0.25) is 10.0 Å². The topological polar surface area (TPSA) is 46.6 Å². The quantitative estimate of drug-likeness (QED) is 0.779. The predicted octanol–water partition coefficient (Wildman–Crippen LogP) is 1.13. The highest BCUT2D eigenvalue weighted by Gasteiger charge is 2.11. The maximum absolute atomic E-state index is 11.2. The van der Waals surface area contributed by atoms with Crippen LogP contribution in [0.25, 0.3) is 0 Å². The normalized spacial score (nSPS) is 11.8. The molecule has 1 rings (SSSR count). The number of ether oxygens (including phenoxy) is 1. The summed E-state index contributed by atoms with van der Waals surface area (Å²) in [7, 11) is 0.0844. The van der Waals surface area contributed by atoms with E-state index in [0.29, 0.717) is 13.0 Å². The standard InChI is InChI=1S/C11H17NO3S/c1-12(16(3,13)14)9-8-10-6-4-5-7-11(10)15-2/h4-7H,8-9H2,1-3H3. The largest absolute Gasteiger partial charge is 0.496 e. The summed E-state index contributed by atoms with van der Waals surface area (Å²) in [6, 6.07) is 7.62. The predicted molar refractivity (Wildman–Crippen MR) is 64.2 cm³/mol. The third kappa shape index (κ3) is 3.50. The number of nitrogens with zero attached hydrogens (tertiary/aromatic N) is 1. The van der Waals surface area contributed by atoms with Gasteiger partial charge in [-0.05, 0) is 18.1 Å². The van der Waals surface area contributed by atoms with Gasteiger partial charge in [-0.2, -0.15) is 0 Å². The fourth-order valence-corrected chi connectivity index (χ4v) is 1.78. The first-order valence-electron chi connectivity index (χ1n) is 4.98. The molecule has 0 spiro atoms. The van der Waals surface area contributed by atoms with Gasteiger partial charge < -0.3 is 4.74 Å². The minimum atomic E-state index is -3.10. The lowest BCUT2D eigenvalue weighted by molar-refractivity contribution is 0.406. The molecule has 1 aromatic carbocycles. The highest BCUT2D eigenvalue weighted by atomic mass is 32.2. The zero-order valence-electron chi connectivity index (χ0n) is 9.80. The van der Waals surface area contributed by atoms with Crippen molar-refractivity contribution in [2.75, 3.05) is 27.0 Å². The Morgan fingerprint density at radius 2 is 1.94 bits per heavy atom. The fourth-order valence-electron chi connectivity index (χ4n) is 1.35. The van der Waals surface area contributed by atoms with E-state index in [1.54, 1.807) is 14.2 Å². The van der Waals surface area contributed by atoms with E-state index in [1.807, 2.05) is 24.3 Å². The Morgan fingerprint density at radius 1 is 1.31 bits per heavy atom. The van der Waals surface area contributed by atoms with Crippen molar-refractivity contribution in [2.45, 2.75) is 6.42 Å². The van der Waals surface area contributed by atoms with Crippen LogP contribution in [0.1, 0.15) is 5.56 Å². The lowest BCUT2D eigenvalue weighted by atomic mass is 10.1. The Morgan fingerprint density at radius 3 is 2.50 bits per heavy atom. The molecule has 0 unspecified atom stereocenters. The Bertz CT molecular complexity index is 442. The molecule has 1 aromatic rings. The van der Waals surface area contributed by atoms with Gasteiger partial charge in [0.25, 0.3) is 0 Å². The second-order valence-electron chi connectivity index (χ2n) is 3.65. The van der Waals surface area contributed by atoms with Crippen molar-refractivity contribution in [1.29, 1.82) is 0 Å². The third-order valence-corrected chi connectivity index (χ3v) is 3.77. The average Bonchev–Trinajstić information content (AvgIpc) is 2.24. The molecule has 0 saturated heterocycles. The molecule has 0 fully saturated rings. The maximum Gasteiger partial charge on any atom is 0.210 e. The molecular formula is C11H17NO3S. The van der Waals surface area contributed by atoms with E-state index in [2.05, 4.69) is 0 Å². The van der Waals surface area contributed by atoms with Crippen molar-refractivity contribution in [3.8, 4) is 5.75 Å². The molecule has 0 radical (unpaired) electrons. The minimum Gasteiger partial charge on any atom is -0.496 e. The number of benzene rings is 1. The van der Waals surface area contributed by atoms with Crippen LogP contribution >= 0.6 is 0 Å². The van der Waals surface area contributed by atoms with Crippen LogP contribution in [0.3, 0.4) is 0 Å². The smallest absolute Gasteiger partial charge is 0.210 e. The van der Waals surface area contributed by atoms with E-state index >= 15 is 0 Å². The van der Waals surface area contributed by atoms with E-state index < -0.39 is 10.0 Å². The van der Waals surface area contributed by atoms with Crippen molar-refractivity contribution in [3.63, 3.8) is 0 Å². The van der Waals surface area contributed by atoms with Gasteiger partial charge in [0.05, 0.1) is 13.4 Å². The van der Waals surface area contributed by atoms with Crippen LogP contribution in [0, 0.1) is 0 Å². The van der Waals surface area contributed by atoms with Crippen molar-refractivity contribution in [2.24, 2.45) is 0 Å². The van der Waals surface area contributed by atoms with E-state index in [0.717, 1.165) is 11.3 Å². The van der Waals surface area contributed by atoms with Gasteiger partial charge in [-0.15, -0.1) is 0 Å². The molecule has 0 amide bonds. The van der Waals surface area contributed by atoms with Gasteiger partial charge in [-0.1, -0.05) is 18.2 Å². The van der Waals surface area contributed by atoms with Gasteiger partial charge in [0, 0.05) is 13.6 Å². The molecule has 0 atom stereocenters. The number of likely N-dealkylation sites (N-methyl/N-ethyl adjacent to an activating group) is 1. The Kier molecular flexibility index (Phi) is 4.32. The Balaban J connectivity index is 2.68. The monoisotopic (exact) mass is 243 g/mol. The highest BCUT2D eigenvalue weighted by Crippen LogP contribution is 2.18. The second kappa shape index (κ2) is 5.32. The van der Waals surface area contributed by atoms with E-state index in [1.165, 1.54) is 10.6 Å². The molecule has 0 saturated carbocycles. The average molecular weight is 243 g/mol. The molecule has 0 bridgehead atoms. The molecule has 0 aliphatic heterocycles. The molecule has 0 heterocycles. The number of rotatable bonds is 5. The third-order valence-electron chi connectivity index (χ3n) is 2.45. The van der Waals surface area contributed by atoms with E-state index in [-0.39, 0.29) is 0 Å². The number of sulfonamides is 1. The lowest BCUT2D eigenvalue weighted by Gasteiger charge is -2.14. The van der Waals surface area contributed by atoms with E-state index in [4.69, 9.17) is 4.74 Å². The second-order valence-corrected chi connectivity index (χ2v) is 5.74. The summed E-state index contributed by atoms with van der Waals surface area (Å²) in [5.74, 6) is 0.796. The summed E-state index contributed by atoms with van der Waals surface area (Å²) in [5, 5.41) is 0. The van der Waals surface area contributed by atoms with Crippen LogP contribution in [0.2, 0.25) is 0 Å². The molecule has 16 heavy (non-hydrogen) atoms. The highest BCUT2D eigenvalue weighted by molar-refractivity contribution is 7.88. The molecule has 90 valence electrons. The maximum atomic E-state index is 11.2. The summed E-state index contributed by atoms with van der Waals surface area (Å²) in [5.41, 5.74) is 1.01. The van der Waals surface area contributed by atoms with Crippen LogP contribution in [-0.2, 0) is 16.4 Å². The van der Waals surface area contributed by atoms with Gasteiger partial charge in [0.15, 0.2) is 0 Å². The number of hydrogen-bond donors (Lipinski definition) is 0. The molecule has 0 aliphatic carbocycles. The molecule has 0 aliphatic rings. The van der Waals surface area contributed by atoms with Crippen molar-refractivity contribution < 1.29 is 13.2 Å². The van der Waals surface area contributed by atoms with Gasteiger partial charge >= 0.3 is 0 Å². The lowest BCUT2D eigenvalue weighted by Crippen LogP contribution is -2.27. The number of hydrogen-bond acceptors (Lipinski definition) is 3. The SMILES string of the molecule is COc1ccccc1CCN(C)S(C)(=O)=O. The summed E-state index contributed by atoms with van der Waals surface area (Å²) >= 11 is 0. The fraction of sp³-hybridized carbons (Fsp3) is 0.455. The van der Waals surface area contributed by atoms with E-state index in [9.17, 15) is 8.42 Å². The Labute approximate surface area is 96.9 Å². The van der Waals surface area contributed by atoms with Crippen molar-refractivity contribution >= 4 is 10.0 Å². The Hall–Kier alpha value is -1.07. The molecule has 4 nitrogen and oxygen atoms in total. The first-order chi connectivity index (χ1) is 7.45. The summed E-state index contributed by atoms with van der Waals surface area (Å²) in [4.78, 5) is 0. The summed E-state index contributed by atoms with van der Waals surface area (Å²) in [6.07, 6.45) is 1.85. The van der Waals surface area contributed by atoms with Crippen LogP contribution < -0.4 is 4.74 Å². The van der Waals surface area contributed by atoms with Crippen LogP contribution in [0.15, 0.2) is 24.3 Å². The zero-order chi connectivity index (χ0) is 12.2. The molecular weight excluding hydrogens is 226 g/mol. The van der Waals surface area contributed by atoms with Crippen LogP contribution in [-0.4, -0.2) is 39.7 Å². The van der Waals surface area contributed by atoms with Gasteiger partial charge in [-0.25, -0.2) is 12.7 Å². The number of methoxy groups -OCH3 is 1. The van der Waals surface area contributed by atoms with Crippen molar-refractivity contribution in [3.05, 3.63) is 29.8 Å². The number of para-hydroxylation sites is 1. The minimum absolute atomic E-state index is 0.458. The zero-order valence-corrected chi connectivity index (χ0v) is 10.6. The van der Waals surface area contributed by atoms with Crippen LogP contribution in [0.5, 0.6) is 5.75 Å². The van der Waals surface area contributed by atoms with Crippen molar-refractivity contribution in [1.82, 2.24) is 4.31 Å². The molecule has 0 N–H and O–H groups in total. The van der Waals surface area contributed by atoms with Gasteiger partial charge in [0.1, 0.15) is 5.75 Å². The van der Waals surface area contributed by atoms with Gasteiger partial charge in [-0.3, -0.25) is 0 Å².